The fourth-order valence-corrected chi connectivity index (χ4v) is 6.31. The lowest BCUT2D eigenvalue weighted by atomic mass is 9.71. The Kier molecular flexibility index (Phi) is 3.69. The highest BCUT2D eigenvalue weighted by molar-refractivity contribution is 7.89. The molecule has 0 aliphatic carbocycles. The smallest absolute Gasteiger partial charge is 0.242 e. The Balaban J connectivity index is 2.07. The van der Waals surface area contributed by atoms with Crippen molar-refractivity contribution in [2.75, 3.05) is 21.1 Å². The lowest BCUT2D eigenvalue weighted by molar-refractivity contribution is 0.103. The van der Waals surface area contributed by atoms with Crippen LogP contribution in [-0.2, 0) is 21.1 Å². The second kappa shape index (κ2) is 5.41. The van der Waals surface area contributed by atoms with Gasteiger partial charge in [-0.15, -0.1) is 0 Å². The lowest BCUT2D eigenvalue weighted by Gasteiger charge is -2.36. The fraction of sp³-hybridized carbons (Fsp3) is 0.429. The number of benzene rings is 2. The maximum atomic E-state index is 12.7. The Morgan fingerprint density at radius 3 is 1.88 bits per heavy atom. The summed E-state index contributed by atoms with van der Waals surface area (Å²) in [5.41, 5.74) is 4.63. The van der Waals surface area contributed by atoms with E-state index in [0.29, 0.717) is 4.90 Å². The molecule has 2 unspecified atom stereocenters. The minimum absolute atomic E-state index is 0.178. The van der Waals surface area contributed by atoms with E-state index >= 15 is 0 Å². The molecule has 2 bridgehead atoms. The van der Waals surface area contributed by atoms with E-state index in [1.54, 1.807) is 20.2 Å². The lowest BCUT2D eigenvalue weighted by Crippen LogP contribution is -2.42. The highest BCUT2D eigenvalue weighted by atomic mass is 32.2. The average Bonchev–Trinajstić information content (AvgIpc) is 3.00. The maximum absolute atomic E-state index is 12.7. The molecule has 26 heavy (non-hydrogen) atoms. The molecule has 0 fully saturated rings. The van der Waals surface area contributed by atoms with Gasteiger partial charge < -0.3 is 0 Å². The molecule has 5 heteroatoms. The Labute approximate surface area is 156 Å². The molecule has 0 saturated heterocycles. The predicted molar refractivity (Wildman–Crippen MR) is 104 cm³/mol. The van der Waals surface area contributed by atoms with E-state index in [9.17, 15) is 8.42 Å². The summed E-state index contributed by atoms with van der Waals surface area (Å²) in [7, 11) is 1.90. The van der Waals surface area contributed by atoms with Crippen molar-refractivity contribution in [1.29, 1.82) is 0 Å². The normalized spacial score (nSPS) is 27.0. The molecule has 138 valence electrons. The molecular weight excluding hydrogens is 344 g/mol. The number of hydrogen-bond donors (Lipinski definition) is 0. The van der Waals surface area contributed by atoms with Crippen molar-refractivity contribution in [1.82, 2.24) is 9.21 Å². The minimum atomic E-state index is -3.46. The summed E-state index contributed by atoms with van der Waals surface area (Å²) in [6, 6.07) is 14.4. The van der Waals surface area contributed by atoms with Gasteiger partial charge in [-0.05, 0) is 54.3 Å². The van der Waals surface area contributed by atoms with Crippen LogP contribution in [0.5, 0.6) is 0 Å². The predicted octanol–water partition coefficient (Wildman–Crippen LogP) is 3.50. The number of nitrogens with zero attached hydrogens (tertiary/aromatic N) is 2. The zero-order valence-corrected chi connectivity index (χ0v) is 16.9. The highest BCUT2D eigenvalue weighted by Crippen LogP contribution is 2.64. The summed E-state index contributed by atoms with van der Waals surface area (Å²) in [5, 5.41) is 0. The van der Waals surface area contributed by atoms with Gasteiger partial charge >= 0.3 is 0 Å². The van der Waals surface area contributed by atoms with E-state index in [4.69, 9.17) is 0 Å². The van der Waals surface area contributed by atoms with Crippen LogP contribution in [0.25, 0.3) is 0 Å². The second-order valence-corrected chi connectivity index (χ2v) is 9.68. The summed E-state index contributed by atoms with van der Waals surface area (Å²) in [6.45, 7) is 4.42. The first kappa shape index (κ1) is 17.7. The average molecular weight is 371 g/mol. The monoisotopic (exact) mass is 370 g/mol. The van der Waals surface area contributed by atoms with Gasteiger partial charge in [0.1, 0.15) is 0 Å². The molecule has 0 aromatic heterocycles. The van der Waals surface area contributed by atoms with Gasteiger partial charge in [0.2, 0.25) is 10.0 Å². The van der Waals surface area contributed by atoms with Crippen LogP contribution in [-0.4, -0.2) is 38.8 Å². The number of sulfonamides is 1. The van der Waals surface area contributed by atoms with Crippen molar-refractivity contribution >= 4 is 10.0 Å². The van der Waals surface area contributed by atoms with Gasteiger partial charge in [-0.1, -0.05) is 44.2 Å². The van der Waals surface area contributed by atoms with E-state index in [1.165, 1.54) is 21.0 Å². The summed E-state index contributed by atoms with van der Waals surface area (Å²) in [6.07, 6.45) is 1.86. The van der Waals surface area contributed by atoms with E-state index in [1.807, 2.05) is 12.1 Å². The molecular formula is C21H26N2O2S. The van der Waals surface area contributed by atoms with Crippen LogP contribution < -0.4 is 0 Å². The van der Waals surface area contributed by atoms with E-state index in [-0.39, 0.29) is 11.1 Å². The molecule has 0 amide bonds. The Morgan fingerprint density at radius 1 is 0.885 bits per heavy atom. The van der Waals surface area contributed by atoms with Crippen molar-refractivity contribution in [2.24, 2.45) is 0 Å². The van der Waals surface area contributed by atoms with Crippen molar-refractivity contribution < 1.29 is 8.42 Å². The van der Waals surface area contributed by atoms with E-state index in [2.05, 4.69) is 50.1 Å². The zero-order valence-electron chi connectivity index (χ0n) is 16.1. The van der Waals surface area contributed by atoms with E-state index in [0.717, 1.165) is 18.4 Å². The van der Waals surface area contributed by atoms with Gasteiger partial charge in [0, 0.05) is 14.1 Å². The molecule has 0 radical (unpaired) electrons. The molecule has 2 atom stereocenters. The quantitative estimate of drug-likeness (QED) is 0.827. The summed E-state index contributed by atoms with van der Waals surface area (Å²) >= 11 is 0. The third kappa shape index (κ3) is 1.74. The second-order valence-electron chi connectivity index (χ2n) is 7.53. The molecule has 2 aromatic carbocycles. The first-order valence-electron chi connectivity index (χ1n) is 9.20. The van der Waals surface area contributed by atoms with Crippen LogP contribution in [0.3, 0.4) is 0 Å². The third-order valence-corrected chi connectivity index (χ3v) is 8.46. The number of hydrogen-bond acceptors (Lipinski definition) is 3. The van der Waals surface area contributed by atoms with Crippen LogP contribution >= 0.6 is 0 Å². The summed E-state index contributed by atoms with van der Waals surface area (Å²) in [4.78, 5) is 2.85. The van der Waals surface area contributed by atoms with Crippen LogP contribution in [0, 0.1) is 0 Å². The van der Waals surface area contributed by atoms with Crippen molar-refractivity contribution in [2.45, 2.75) is 42.7 Å². The minimum Gasteiger partial charge on any atom is -0.279 e. The first-order valence-corrected chi connectivity index (χ1v) is 10.6. The van der Waals surface area contributed by atoms with Crippen LogP contribution in [0.4, 0.5) is 0 Å². The first-order chi connectivity index (χ1) is 12.3. The van der Waals surface area contributed by atoms with Crippen LogP contribution in [0.1, 0.15) is 48.9 Å². The molecule has 2 heterocycles. The Bertz CT molecular complexity index is 999. The van der Waals surface area contributed by atoms with E-state index < -0.39 is 10.0 Å². The summed E-state index contributed by atoms with van der Waals surface area (Å²) < 4.78 is 26.7. The fourth-order valence-electron chi connectivity index (χ4n) is 5.38. The molecule has 2 aromatic rings. The SMILES string of the molecule is CCC12c3ccccc3C(CC)(c3cc(S(=O)(=O)N(C)C)ccc31)N2C. The van der Waals surface area contributed by atoms with Gasteiger partial charge in [-0.25, -0.2) is 12.7 Å². The summed E-state index contributed by atoms with van der Waals surface area (Å²) in [5.74, 6) is 0. The van der Waals surface area contributed by atoms with Crippen molar-refractivity contribution in [3.63, 3.8) is 0 Å². The van der Waals surface area contributed by atoms with Gasteiger partial charge in [0.25, 0.3) is 0 Å². The Morgan fingerprint density at radius 2 is 1.38 bits per heavy atom. The third-order valence-electron chi connectivity index (χ3n) is 6.65. The maximum Gasteiger partial charge on any atom is 0.242 e. The molecule has 4 rings (SSSR count). The van der Waals surface area contributed by atoms with Gasteiger partial charge in [0.15, 0.2) is 0 Å². The molecule has 4 nitrogen and oxygen atoms in total. The molecule has 0 saturated carbocycles. The van der Waals surface area contributed by atoms with Gasteiger partial charge in [-0.3, -0.25) is 4.90 Å². The molecule has 2 aliphatic heterocycles. The van der Waals surface area contributed by atoms with Crippen molar-refractivity contribution in [3.8, 4) is 0 Å². The topological polar surface area (TPSA) is 40.6 Å². The number of rotatable bonds is 4. The Hall–Kier alpha value is -1.69. The molecule has 0 N–H and O–H groups in total. The number of fused-ring (bicyclic) bond motifs is 8. The molecule has 2 aliphatic rings. The molecule has 0 spiro atoms. The van der Waals surface area contributed by atoms with Crippen LogP contribution in [0.15, 0.2) is 47.4 Å². The standard InChI is InChI=1S/C21H26N2O2S/c1-6-20-16-10-8-9-11-17(16)21(7-2,23(20)5)19-14-15(12-13-18(19)20)26(24,25)22(3)4/h8-14H,6-7H2,1-5H3. The van der Waals surface area contributed by atoms with Gasteiger partial charge in [0.05, 0.1) is 16.0 Å². The zero-order chi connectivity index (χ0) is 18.9. The van der Waals surface area contributed by atoms with Crippen molar-refractivity contribution in [3.05, 3.63) is 64.7 Å². The highest BCUT2D eigenvalue weighted by Gasteiger charge is 2.63. The largest absolute Gasteiger partial charge is 0.279 e. The van der Waals surface area contributed by atoms with Gasteiger partial charge in [-0.2, -0.15) is 0 Å². The van der Waals surface area contributed by atoms with Crippen LogP contribution in [0.2, 0.25) is 0 Å².